The molecular weight excluding hydrogens is 380 g/mol. The fraction of sp³-hybridized carbons (Fsp3) is 0.375. The Kier molecular flexibility index (Phi) is 6.55. The molecule has 158 valence electrons. The maximum absolute atomic E-state index is 12.6. The summed E-state index contributed by atoms with van der Waals surface area (Å²) in [5, 5.41) is 2.91. The zero-order valence-corrected chi connectivity index (χ0v) is 17.9. The molecule has 30 heavy (non-hydrogen) atoms. The van der Waals surface area contributed by atoms with Crippen molar-refractivity contribution in [3.8, 4) is 0 Å². The normalized spacial score (nSPS) is 14.7. The van der Waals surface area contributed by atoms with Crippen LogP contribution < -0.4 is 10.2 Å². The predicted molar refractivity (Wildman–Crippen MR) is 117 cm³/mol. The molecule has 2 aromatic rings. The van der Waals surface area contributed by atoms with Crippen molar-refractivity contribution in [2.24, 2.45) is 0 Å². The minimum atomic E-state index is -0.947. The molecular formula is C24H28N2O4. The summed E-state index contributed by atoms with van der Waals surface area (Å²) < 4.78 is 5.37. The Morgan fingerprint density at radius 3 is 2.37 bits per heavy atom. The largest absolute Gasteiger partial charge is 0.449 e. The highest BCUT2D eigenvalue weighted by Gasteiger charge is 2.23. The van der Waals surface area contributed by atoms with Crippen LogP contribution in [0, 0.1) is 6.92 Å². The number of benzene rings is 2. The molecule has 0 aromatic heterocycles. The van der Waals surface area contributed by atoms with E-state index >= 15 is 0 Å². The highest BCUT2D eigenvalue weighted by atomic mass is 16.5. The van der Waals surface area contributed by atoms with E-state index in [4.69, 9.17) is 4.74 Å². The van der Waals surface area contributed by atoms with Gasteiger partial charge in [0.2, 0.25) is 5.91 Å². The predicted octanol–water partition coefficient (Wildman–Crippen LogP) is 4.43. The molecule has 2 amide bonds. The second-order valence-electron chi connectivity index (χ2n) is 7.93. The molecule has 1 N–H and O–H groups in total. The van der Waals surface area contributed by atoms with Crippen molar-refractivity contribution < 1.29 is 19.1 Å². The first kappa shape index (κ1) is 21.6. The fourth-order valence-electron chi connectivity index (χ4n) is 3.55. The monoisotopic (exact) mass is 408 g/mol. The molecule has 0 aliphatic carbocycles. The standard InChI is InChI=1S/C24H28N2O4/c1-15(2)20-8-5-7-16(3)22(20)25-23(28)17(4)30-24(29)18-10-12-19(13-11-18)26-14-6-9-21(26)27/h5,7-8,10-13,15,17H,6,9,14H2,1-4H3,(H,25,28)/t17-/m1/s1. The van der Waals surface area contributed by atoms with Gasteiger partial charge in [0.1, 0.15) is 0 Å². The number of carbonyl (C=O) groups is 3. The van der Waals surface area contributed by atoms with Gasteiger partial charge in [-0.2, -0.15) is 0 Å². The molecule has 0 saturated carbocycles. The van der Waals surface area contributed by atoms with Gasteiger partial charge < -0.3 is 15.0 Å². The van der Waals surface area contributed by atoms with Crippen molar-refractivity contribution >= 4 is 29.2 Å². The summed E-state index contributed by atoms with van der Waals surface area (Å²) in [5.41, 5.74) is 3.86. The average molecular weight is 408 g/mol. The first-order valence-electron chi connectivity index (χ1n) is 10.3. The maximum Gasteiger partial charge on any atom is 0.338 e. The Morgan fingerprint density at radius 2 is 1.77 bits per heavy atom. The summed E-state index contributed by atoms with van der Waals surface area (Å²) in [4.78, 5) is 38.7. The molecule has 0 bridgehead atoms. The topological polar surface area (TPSA) is 75.7 Å². The summed E-state index contributed by atoms with van der Waals surface area (Å²) in [6.07, 6.45) is 0.446. The number of carbonyl (C=O) groups excluding carboxylic acids is 3. The number of amides is 2. The van der Waals surface area contributed by atoms with Gasteiger partial charge in [-0.05, 0) is 61.6 Å². The molecule has 1 atom stereocenters. The maximum atomic E-state index is 12.6. The molecule has 2 aromatic carbocycles. The van der Waals surface area contributed by atoms with E-state index < -0.39 is 12.1 Å². The van der Waals surface area contributed by atoms with Crippen molar-refractivity contribution in [2.75, 3.05) is 16.8 Å². The Hall–Kier alpha value is -3.15. The molecule has 1 aliphatic rings. The van der Waals surface area contributed by atoms with Crippen LogP contribution in [0.1, 0.15) is 61.0 Å². The van der Waals surface area contributed by atoms with Gasteiger partial charge in [-0.3, -0.25) is 9.59 Å². The van der Waals surface area contributed by atoms with Crippen molar-refractivity contribution in [3.05, 3.63) is 59.2 Å². The Bertz CT molecular complexity index is 950. The molecule has 1 fully saturated rings. The van der Waals surface area contributed by atoms with Crippen LogP contribution in [0.15, 0.2) is 42.5 Å². The van der Waals surface area contributed by atoms with Crippen LogP contribution in [0.3, 0.4) is 0 Å². The second-order valence-corrected chi connectivity index (χ2v) is 7.93. The fourth-order valence-corrected chi connectivity index (χ4v) is 3.55. The van der Waals surface area contributed by atoms with Gasteiger partial charge in [-0.1, -0.05) is 32.0 Å². The zero-order valence-electron chi connectivity index (χ0n) is 17.9. The quantitative estimate of drug-likeness (QED) is 0.718. The third-order valence-electron chi connectivity index (χ3n) is 5.32. The second kappa shape index (κ2) is 9.11. The third-order valence-corrected chi connectivity index (χ3v) is 5.32. The smallest absolute Gasteiger partial charge is 0.338 e. The lowest BCUT2D eigenvalue weighted by molar-refractivity contribution is -0.123. The van der Waals surface area contributed by atoms with E-state index in [0.29, 0.717) is 18.5 Å². The van der Waals surface area contributed by atoms with E-state index in [2.05, 4.69) is 19.2 Å². The average Bonchev–Trinajstić information content (AvgIpc) is 3.15. The highest BCUT2D eigenvalue weighted by Crippen LogP contribution is 2.28. The number of aryl methyl sites for hydroxylation is 1. The summed E-state index contributed by atoms with van der Waals surface area (Å²) >= 11 is 0. The van der Waals surface area contributed by atoms with Crippen LogP contribution in [-0.4, -0.2) is 30.4 Å². The lowest BCUT2D eigenvalue weighted by Gasteiger charge is -2.19. The number of nitrogens with one attached hydrogen (secondary N) is 1. The van der Waals surface area contributed by atoms with E-state index in [1.807, 2.05) is 25.1 Å². The number of hydrogen-bond acceptors (Lipinski definition) is 4. The van der Waals surface area contributed by atoms with E-state index in [1.54, 1.807) is 36.1 Å². The van der Waals surface area contributed by atoms with Crippen LogP contribution in [0.25, 0.3) is 0 Å². The Labute approximate surface area is 177 Å². The molecule has 1 heterocycles. The number of para-hydroxylation sites is 1. The SMILES string of the molecule is Cc1cccc(C(C)C)c1NC(=O)[C@@H](C)OC(=O)c1ccc(N2CCCC2=O)cc1. The molecule has 0 unspecified atom stereocenters. The summed E-state index contributed by atoms with van der Waals surface area (Å²) in [6, 6.07) is 12.6. The lowest BCUT2D eigenvalue weighted by atomic mass is 9.98. The van der Waals surface area contributed by atoms with E-state index in [-0.39, 0.29) is 17.7 Å². The van der Waals surface area contributed by atoms with E-state index in [0.717, 1.165) is 28.9 Å². The summed E-state index contributed by atoms with van der Waals surface area (Å²) in [6.45, 7) is 8.31. The molecule has 0 radical (unpaired) electrons. The van der Waals surface area contributed by atoms with Crippen molar-refractivity contribution in [3.63, 3.8) is 0 Å². The van der Waals surface area contributed by atoms with Gasteiger partial charge in [-0.25, -0.2) is 4.79 Å². The zero-order chi connectivity index (χ0) is 21.8. The van der Waals surface area contributed by atoms with E-state index in [1.165, 1.54) is 0 Å². The number of anilines is 2. The van der Waals surface area contributed by atoms with Gasteiger partial charge in [-0.15, -0.1) is 0 Å². The van der Waals surface area contributed by atoms with Gasteiger partial charge in [0.25, 0.3) is 5.91 Å². The van der Waals surface area contributed by atoms with Crippen LogP contribution in [0.2, 0.25) is 0 Å². The van der Waals surface area contributed by atoms with Gasteiger partial charge >= 0.3 is 5.97 Å². The number of esters is 1. The van der Waals surface area contributed by atoms with Crippen LogP contribution in [0.4, 0.5) is 11.4 Å². The summed E-state index contributed by atoms with van der Waals surface area (Å²) in [7, 11) is 0. The molecule has 6 heteroatoms. The lowest BCUT2D eigenvalue weighted by Crippen LogP contribution is -2.30. The van der Waals surface area contributed by atoms with E-state index in [9.17, 15) is 14.4 Å². The van der Waals surface area contributed by atoms with Gasteiger partial charge in [0.05, 0.1) is 5.56 Å². The van der Waals surface area contributed by atoms with Crippen molar-refractivity contribution in [1.82, 2.24) is 0 Å². The van der Waals surface area contributed by atoms with Gasteiger partial charge in [0, 0.05) is 24.3 Å². The van der Waals surface area contributed by atoms with Crippen LogP contribution >= 0.6 is 0 Å². The Morgan fingerprint density at radius 1 is 1.07 bits per heavy atom. The molecule has 0 spiro atoms. The third kappa shape index (κ3) is 4.70. The number of nitrogens with zero attached hydrogens (tertiary/aromatic N) is 1. The molecule has 3 rings (SSSR count). The molecule has 6 nitrogen and oxygen atoms in total. The van der Waals surface area contributed by atoms with Crippen molar-refractivity contribution in [2.45, 2.75) is 52.6 Å². The number of rotatable bonds is 6. The van der Waals surface area contributed by atoms with Crippen molar-refractivity contribution in [1.29, 1.82) is 0 Å². The first-order valence-corrected chi connectivity index (χ1v) is 10.3. The summed E-state index contributed by atoms with van der Waals surface area (Å²) in [5.74, 6) is -0.615. The number of hydrogen-bond donors (Lipinski definition) is 1. The van der Waals surface area contributed by atoms with Crippen LogP contribution in [-0.2, 0) is 14.3 Å². The highest BCUT2D eigenvalue weighted by molar-refractivity contribution is 5.99. The Balaban J connectivity index is 1.64. The molecule has 1 saturated heterocycles. The minimum absolute atomic E-state index is 0.0904. The minimum Gasteiger partial charge on any atom is -0.449 e. The van der Waals surface area contributed by atoms with Crippen LogP contribution in [0.5, 0.6) is 0 Å². The molecule has 1 aliphatic heterocycles. The number of ether oxygens (including phenoxy) is 1. The first-order chi connectivity index (χ1) is 14.3. The van der Waals surface area contributed by atoms with Gasteiger partial charge in [0.15, 0.2) is 6.10 Å².